The van der Waals surface area contributed by atoms with Gasteiger partial charge in [0, 0.05) is 5.88 Å². The fraction of sp³-hybridized carbons (Fsp3) is 0.200. The van der Waals surface area contributed by atoms with Gasteiger partial charge in [-0.2, -0.15) is 0 Å². The summed E-state index contributed by atoms with van der Waals surface area (Å²) in [5.41, 5.74) is 3.48. The van der Waals surface area contributed by atoms with Crippen LogP contribution < -0.4 is 4.74 Å². The standard InChI is InChI=1S/C15H15ClO/c1-2-17-15-5-3-4-14(10-15)13-8-6-12(11-16)7-9-13/h3-10H,2,11H2,1H3. The van der Waals surface area contributed by atoms with Crippen LogP contribution in [0.4, 0.5) is 0 Å². The molecule has 0 fully saturated rings. The fourth-order valence-corrected chi connectivity index (χ4v) is 1.90. The van der Waals surface area contributed by atoms with E-state index in [1.165, 1.54) is 5.56 Å². The Morgan fingerprint density at radius 3 is 2.41 bits per heavy atom. The zero-order valence-corrected chi connectivity index (χ0v) is 10.6. The molecule has 2 aromatic carbocycles. The SMILES string of the molecule is CCOc1cccc(-c2ccc(CCl)cc2)c1. The van der Waals surface area contributed by atoms with Crippen molar-refractivity contribution in [3.63, 3.8) is 0 Å². The van der Waals surface area contributed by atoms with E-state index in [-0.39, 0.29) is 0 Å². The van der Waals surface area contributed by atoms with Gasteiger partial charge in [-0.05, 0) is 35.7 Å². The van der Waals surface area contributed by atoms with Gasteiger partial charge in [-0.25, -0.2) is 0 Å². The van der Waals surface area contributed by atoms with E-state index in [0.717, 1.165) is 16.9 Å². The Morgan fingerprint density at radius 2 is 1.76 bits per heavy atom. The molecule has 2 heteroatoms. The van der Waals surface area contributed by atoms with Crippen molar-refractivity contribution in [3.8, 4) is 16.9 Å². The monoisotopic (exact) mass is 246 g/mol. The minimum absolute atomic E-state index is 0.555. The molecule has 17 heavy (non-hydrogen) atoms. The number of alkyl halides is 1. The van der Waals surface area contributed by atoms with Crippen LogP contribution in [0.25, 0.3) is 11.1 Å². The average molecular weight is 247 g/mol. The Morgan fingerprint density at radius 1 is 1.00 bits per heavy atom. The molecule has 1 nitrogen and oxygen atoms in total. The van der Waals surface area contributed by atoms with Crippen molar-refractivity contribution < 1.29 is 4.74 Å². The van der Waals surface area contributed by atoms with E-state index < -0.39 is 0 Å². The van der Waals surface area contributed by atoms with Crippen LogP contribution in [0.1, 0.15) is 12.5 Å². The Hall–Kier alpha value is -1.47. The van der Waals surface area contributed by atoms with Gasteiger partial charge in [0.1, 0.15) is 5.75 Å². The maximum atomic E-state index is 5.77. The van der Waals surface area contributed by atoms with Gasteiger partial charge in [0.15, 0.2) is 0 Å². The molecular weight excluding hydrogens is 232 g/mol. The van der Waals surface area contributed by atoms with E-state index in [9.17, 15) is 0 Å². The topological polar surface area (TPSA) is 9.23 Å². The second kappa shape index (κ2) is 5.74. The van der Waals surface area contributed by atoms with Crippen LogP contribution in [0.5, 0.6) is 5.75 Å². The van der Waals surface area contributed by atoms with Crippen LogP contribution in [0.15, 0.2) is 48.5 Å². The van der Waals surface area contributed by atoms with Crippen molar-refractivity contribution in [1.29, 1.82) is 0 Å². The van der Waals surface area contributed by atoms with Crippen molar-refractivity contribution in [3.05, 3.63) is 54.1 Å². The van der Waals surface area contributed by atoms with Gasteiger partial charge in [-0.15, -0.1) is 11.6 Å². The first kappa shape index (κ1) is 12.0. The van der Waals surface area contributed by atoms with Gasteiger partial charge in [0.05, 0.1) is 6.61 Å². The van der Waals surface area contributed by atoms with Crippen LogP contribution >= 0.6 is 11.6 Å². The first-order chi connectivity index (χ1) is 8.33. The highest BCUT2D eigenvalue weighted by Gasteiger charge is 2.00. The maximum Gasteiger partial charge on any atom is 0.119 e. The molecular formula is C15H15ClO. The largest absolute Gasteiger partial charge is 0.494 e. The molecule has 88 valence electrons. The van der Waals surface area contributed by atoms with Crippen LogP contribution in [-0.4, -0.2) is 6.61 Å². The quantitative estimate of drug-likeness (QED) is 0.723. The highest BCUT2D eigenvalue weighted by Crippen LogP contribution is 2.24. The van der Waals surface area contributed by atoms with Crippen molar-refractivity contribution in [1.82, 2.24) is 0 Å². The van der Waals surface area contributed by atoms with Gasteiger partial charge in [-0.3, -0.25) is 0 Å². The second-order valence-electron chi connectivity index (χ2n) is 3.79. The Balaban J connectivity index is 2.28. The van der Waals surface area contributed by atoms with E-state index in [0.29, 0.717) is 12.5 Å². The van der Waals surface area contributed by atoms with Gasteiger partial charge in [-0.1, -0.05) is 36.4 Å². The van der Waals surface area contributed by atoms with E-state index >= 15 is 0 Å². The third-order valence-corrected chi connectivity index (χ3v) is 2.90. The lowest BCUT2D eigenvalue weighted by atomic mass is 10.0. The summed E-state index contributed by atoms with van der Waals surface area (Å²) >= 11 is 5.77. The molecule has 0 aromatic heterocycles. The van der Waals surface area contributed by atoms with Crippen LogP contribution in [0.2, 0.25) is 0 Å². The molecule has 0 aliphatic carbocycles. The summed E-state index contributed by atoms with van der Waals surface area (Å²) < 4.78 is 5.49. The molecule has 0 bridgehead atoms. The molecule has 0 saturated heterocycles. The Bertz CT molecular complexity index is 477. The van der Waals surface area contributed by atoms with E-state index in [1.807, 2.05) is 19.1 Å². The van der Waals surface area contributed by atoms with E-state index in [4.69, 9.17) is 16.3 Å². The summed E-state index contributed by atoms with van der Waals surface area (Å²) in [6.07, 6.45) is 0. The van der Waals surface area contributed by atoms with Crippen LogP contribution in [0.3, 0.4) is 0 Å². The third kappa shape index (κ3) is 3.01. The zero-order valence-electron chi connectivity index (χ0n) is 9.82. The predicted molar refractivity (Wildman–Crippen MR) is 72.6 cm³/mol. The highest BCUT2D eigenvalue weighted by molar-refractivity contribution is 6.17. The van der Waals surface area contributed by atoms with Gasteiger partial charge < -0.3 is 4.74 Å². The van der Waals surface area contributed by atoms with Gasteiger partial charge in [0.25, 0.3) is 0 Å². The molecule has 0 saturated carbocycles. The average Bonchev–Trinajstić information content (AvgIpc) is 2.40. The normalized spacial score (nSPS) is 10.2. The van der Waals surface area contributed by atoms with Gasteiger partial charge >= 0.3 is 0 Å². The molecule has 2 aromatic rings. The summed E-state index contributed by atoms with van der Waals surface area (Å²) in [4.78, 5) is 0. The van der Waals surface area contributed by atoms with E-state index in [2.05, 4.69) is 36.4 Å². The predicted octanol–water partition coefficient (Wildman–Crippen LogP) is 4.49. The van der Waals surface area contributed by atoms with E-state index in [1.54, 1.807) is 0 Å². The number of ether oxygens (including phenoxy) is 1. The van der Waals surface area contributed by atoms with Crippen molar-refractivity contribution >= 4 is 11.6 Å². The zero-order chi connectivity index (χ0) is 12.1. The van der Waals surface area contributed by atoms with Crippen LogP contribution in [-0.2, 0) is 5.88 Å². The first-order valence-corrected chi connectivity index (χ1v) is 6.25. The fourth-order valence-electron chi connectivity index (χ4n) is 1.72. The highest BCUT2D eigenvalue weighted by atomic mass is 35.5. The molecule has 0 amide bonds. The van der Waals surface area contributed by atoms with Gasteiger partial charge in [0.2, 0.25) is 0 Å². The summed E-state index contributed by atoms with van der Waals surface area (Å²) in [7, 11) is 0. The Labute approximate surface area is 107 Å². The molecule has 0 atom stereocenters. The molecule has 0 aliphatic heterocycles. The number of hydrogen-bond acceptors (Lipinski definition) is 1. The lowest BCUT2D eigenvalue weighted by Crippen LogP contribution is -1.91. The lowest BCUT2D eigenvalue weighted by Gasteiger charge is -2.06. The minimum atomic E-state index is 0.555. The van der Waals surface area contributed by atoms with Crippen molar-refractivity contribution in [2.75, 3.05) is 6.61 Å². The Kier molecular flexibility index (Phi) is 4.05. The molecule has 0 N–H and O–H groups in total. The molecule has 2 rings (SSSR count). The number of hydrogen-bond donors (Lipinski definition) is 0. The number of halogens is 1. The summed E-state index contributed by atoms with van der Waals surface area (Å²) in [6.45, 7) is 2.68. The van der Waals surface area contributed by atoms with Crippen molar-refractivity contribution in [2.24, 2.45) is 0 Å². The lowest BCUT2D eigenvalue weighted by molar-refractivity contribution is 0.340. The first-order valence-electron chi connectivity index (χ1n) is 5.71. The minimum Gasteiger partial charge on any atom is -0.494 e. The number of rotatable bonds is 4. The summed E-state index contributed by atoms with van der Waals surface area (Å²) in [6, 6.07) is 16.4. The van der Waals surface area contributed by atoms with Crippen LogP contribution in [0, 0.1) is 0 Å². The smallest absolute Gasteiger partial charge is 0.119 e. The summed E-state index contributed by atoms with van der Waals surface area (Å²) in [5, 5.41) is 0. The third-order valence-electron chi connectivity index (χ3n) is 2.59. The van der Waals surface area contributed by atoms with Crippen molar-refractivity contribution in [2.45, 2.75) is 12.8 Å². The molecule has 0 unspecified atom stereocenters. The second-order valence-corrected chi connectivity index (χ2v) is 4.06. The summed E-state index contributed by atoms with van der Waals surface area (Å²) in [5.74, 6) is 1.46. The molecule has 0 aliphatic rings. The molecule has 0 radical (unpaired) electrons. The molecule has 0 heterocycles. The maximum absolute atomic E-state index is 5.77. The molecule has 0 spiro atoms. The number of benzene rings is 2.